The lowest BCUT2D eigenvalue weighted by Crippen LogP contribution is -2.29. The molecule has 0 radical (unpaired) electrons. The van der Waals surface area contributed by atoms with Gasteiger partial charge >= 0.3 is 0 Å². The van der Waals surface area contributed by atoms with Gasteiger partial charge in [0.15, 0.2) is 6.10 Å². The minimum absolute atomic E-state index is 0.00212. The number of benzene rings is 1. The van der Waals surface area contributed by atoms with Crippen molar-refractivity contribution in [2.24, 2.45) is 11.1 Å². The third-order valence-corrected chi connectivity index (χ3v) is 2.90. The lowest BCUT2D eigenvalue weighted by Gasteiger charge is -2.13. The van der Waals surface area contributed by atoms with Crippen LogP contribution in [0.15, 0.2) is 35.5 Å². The fourth-order valence-electron chi connectivity index (χ4n) is 2.05. The second kappa shape index (κ2) is 4.23. The summed E-state index contributed by atoms with van der Waals surface area (Å²) in [5.74, 6) is 0.185. The first-order valence-electron chi connectivity index (χ1n) is 5.40. The largest absolute Gasteiger partial charge is 0.389 e. The molecule has 2 heterocycles. The van der Waals surface area contributed by atoms with E-state index in [0.29, 0.717) is 20.0 Å². The van der Waals surface area contributed by atoms with Crippen molar-refractivity contribution in [1.82, 2.24) is 0 Å². The maximum absolute atomic E-state index is 5.39. The summed E-state index contributed by atoms with van der Waals surface area (Å²) in [5.41, 5.74) is 2.07. The molecule has 0 amide bonds. The van der Waals surface area contributed by atoms with Crippen LogP contribution in [0.2, 0.25) is 0 Å². The van der Waals surface area contributed by atoms with Crippen LogP contribution in [0.1, 0.15) is 5.56 Å². The Morgan fingerprint density at radius 2 is 1.88 bits per heavy atom. The van der Waals surface area contributed by atoms with Crippen LogP contribution in [0.4, 0.5) is 0 Å². The van der Waals surface area contributed by atoms with Gasteiger partial charge in [0.05, 0.1) is 24.8 Å². The molecule has 1 aromatic carbocycles. The van der Waals surface area contributed by atoms with E-state index in [9.17, 15) is 0 Å². The van der Waals surface area contributed by atoms with E-state index in [1.165, 1.54) is 0 Å². The van der Waals surface area contributed by atoms with Gasteiger partial charge in [0.25, 0.3) is 0 Å². The van der Waals surface area contributed by atoms with Crippen molar-refractivity contribution < 1.29 is 14.3 Å². The fraction of sp³-hybridized carbons (Fsp3) is 0.417. The molecular weight excluding hydrogens is 206 g/mol. The Morgan fingerprint density at radius 3 is 2.75 bits per heavy atom. The molecule has 2 aliphatic rings. The van der Waals surface area contributed by atoms with Crippen molar-refractivity contribution >= 4 is 5.71 Å². The molecule has 2 aliphatic heterocycles. The number of hydrogen-bond acceptors (Lipinski definition) is 4. The summed E-state index contributed by atoms with van der Waals surface area (Å²) >= 11 is 0. The Hall–Kier alpha value is -1.39. The highest BCUT2D eigenvalue weighted by atomic mass is 16.7. The van der Waals surface area contributed by atoms with Gasteiger partial charge in [-0.3, -0.25) is 0 Å². The van der Waals surface area contributed by atoms with Crippen LogP contribution in [0.5, 0.6) is 0 Å². The molecule has 1 saturated heterocycles. The van der Waals surface area contributed by atoms with Gasteiger partial charge in [0, 0.05) is 0 Å². The third-order valence-electron chi connectivity index (χ3n) is 2.90. The maximum atomic E-state index is 5.39. The molecule has 2 unspecified atom stereocenters. The average molecular weight is 219 g/mol. The molecule has 4 heteroatoms. The molecule has 3 rings (SSSR count). The highest BCUT2D eigenvalue weighted by Gasteiger charge is 2.36. The molecule has 0 bridgehead atoms. The van der Waals surface area contributed by atoms with Gasteiger partial charge in [0.1, 0.15) is 6.79 Å². The van der Waals surface area contributed by atoms with Crippen LogP contribution in [-0.4, -0.2) is 31.8 Å². The number of hydrogen-bond donors (Lipinski definition) is 0. The molecule has 0 aliphatic carbocycles. The van der Waals surface area contributed by atoms with Crippen LogP contribution in [-0.2, 0) is 14.3 Å². The Kier molecular flexibility index (Phi) is 2.60. The van der Waals surface area contributed by atoms with Gasteiger partial charge in [-0.1, -0.05) is 35.5 Å². The van der Waals surface area contributed by atoms with Crippen molar-refractivity contribution in [3.8, 4) is 0 Å². The zero-order chi connectivity index (χ0) is 10.8. The highest BCUT2D eigenvalue weighted by Crippen LogP contribution is 2.25. The summed E-state index contributed by atoms with van der Waals surface area (Å²) in [7, 11) is 0. The quantitative estimate of drug-likeness (QED) is 0.717. The second-order valence-corrected chi connectivity index (χ2v) is 3.95. The van der Waals surface area contributed by atoms with E-state index in [1.54, 1.807) is 0 Å². The number of fused-ring (bicyclic) bond motifs is 1. The van der Waals surface area contributed by atoms with Crippen molar-refractivity contribution in [2.45, 2.75) is 6.10 Å². The molecular formula is C12H13NO3. The van der Waals surface area contributed by atoms with Crippen LogP contribution in [0.3, 0.4) is 0 Å². The topological polar surface area (TPSA) is 40.0 Å². The summed E-state index contributed by atoms with van der Waals surface area (Å²) in [6, 6.07) is 10.1. The van der Waals surface area contributed by atoms with Crippen LogP contribution in [0.25, 0.3) is 0 Å². The van der Waals surface area contributed by atoms with Gasteiger partial charge in [-0.25, -0.2) is 0 Å². The van der Waals surface area contributed by atoms with Crippen LogP contribution in [0, 0.1) is 5.92 Å². The summed E-state index contributed by atoms with van der Waals surface area (Å²) in [6.45, 7) is 1.50. The van der Waals surface area contributed by atoms with Crippen molar-refractivity contribution in [3.63, 3.8) is 0 Å². The average Bonchev–Trinajstić information content (AvgIpc) is 2.60. The number of nitrogens with zero attached hydrogens (tertiary/aromatic N) is 1. The van der Waals surface area contributed by atoms with E-state index < -0.39 is 0 Å². The Balaban J connectivity index is 1.86. The van der Waals surface area contributed by atoms with Crippen molar-refractivity contribution in [3.05, 3.63) is 35.9 Å². The molecule has 1 aromatic rings. The van der Waals surface area contributed by atoms with E-state index in [1.807, 2.05) is 30.3 Å². The van der Waals surface area contributed by atoms with Gasteiger partial charge in [-0.15, -0.1) is 0 Å². The molecule has 16 heavy (non-hydrogen) atoms. The first-order valence-corrected chi connectivity index (χ1v) is 5.40. The lowest BCUT2D eigenvalue weighted by molar-refractivity contribution is -0.0511. The minimum atomic E-state index is -0.00212. The lowest BCUT2D eigenvalue weighted by atomic mass is 9.93. The predicted octanol–water partition coefficient (Wildman–Crippen LogP) is 1.41. The highest BCUT2D eigenvalue weighted by molar-refractivity contribution is 6.03. The Bertz CT molecular complexity index is 391. The van der Waals surface area contributed by atoms with Crippen molar-refractivity contribution in [1.29, 1.82) is 0 Å². The molecule has 4 nitrogen and oxygen atoms in total. The predicted molar refractivity (Wildman–Crippen MR) is 58.1 cm³/mol. The standard InChI is InChI=1S/C12H13NO3/c1-2-4-9(5-3-1)12-10-6-14-8-15-7-11(10)16-13-12/h1-5,10-11H,6-8H2. The summed E-state index contributed by atoms with van der Waals surface area (Å²) < 4.78 is 10.6. The van der Waals surface area contributed by atoms with Gasteiger partial charge < -0.3 is 14.3 Å². The second-order valence-electron chi connectivity index (χ2n) is 3.95. The van der Waals surface area contributed by atoms with Gasteiger partial charge in [-0.2, -0.15) is 0 Å². The first kappa shape index (κ1) is 9.81. The van der Waals surface area contributed by atoms with E-state index in [-0.39, 0.29) is 12.0 Å². The fourth-order valence-corrected chi connectivity index (χ4v) is 2.05. The van der Waals surface area contributed by atoms with Crippen molar-refractivity contribution in [2.75, 3.05) is 20.0 Å². The number of oxime groups is 1. The number of rotatable bonds is 1. The first-order chi connectivity index (χ1) is 7.95. The minimum Gasteiger partial charge on any atom is -0.389 e. The molecule has 0 spiro atoms. The zero-order valence-corrected chi connectivity index (χ0v) is 8.83. The third kappa shape index (κ3) is 1.70. The summed E-state index contributed by atoms with van der Waals surface area (Å²) in [5, 5.41) is 4.15. The molecule has 0 saturated carbocycles. The smallest absolute Gasteiger partial charge is 0.161 e. The van der Waals surface area contributed by atoms with Crippen LogP contribution >= 0.6 is 0 Å². The van der Waals surface area contributed by atoms with Crippen LogP contribution < -0.4 is 0 Å². The maximum Gasteiger partial charge on any atom is 0.161 e. The molecule has 84 valence electrons. The summed E-state index contributed by atoms with van der Waals surface area (Å²) in [4.78, 5) is 5.39. The Morgan fingerprint density at radius 1 is 1.06 bits per heavy atom. The molecule has 0 N–H and O–H groups in total. The van der Waals surface area contributed by atoms with E-state index >= 15 is 0 Å². The van der Waals surface area contributed by atoms with E-state index in [4.69, 9.17) is 14.3 Å². The van der Waals surface area contributed by atoms with Gasteiger partial charge in [-0.05, 0) is 5.56 Å². The Labute approximate surface area is 93.8 Å². The molecule has 2 atom stereocenters. The monoisotopic (exact) mass is 219 g/mol. The van der Waals surface area contributed by atoms with E-state index in [0.717, 1.165) is 11.3 Å². The molecule has 0 aromatic heterocycles. The van der Waals surface area contributed by atoms with E-state index in [2.05, 4.69) is 5.16 Å². The summed E-state index contributed by atoms with van der Waals surface area (Å²) in [6.07, 6.45) is -0.00212. The van der Waals surface area contributed by atoms with Gasteiger partial charge in [0.2, 0.25) is 0 Å². The number of ether oxygens (including phenoxy) is 2. The normalized spacial score (nSPS) is 28.9. The SMILES string of the molecule is c1ccc(C2=NOC3COCOCC23)cc1. The zero-order valence-electron chi connectivity index (χ0n) is 8.83. The molecule has 1 fully saturated rings.